The van der Waals surface area contributed by atoms with Gasteiger partial charge in [0.05, 0.1) is 4.90 Å². The minimum absolute atomic E-state index is 0.0694. The summed E-state index contributed by atoms with van der Waals surface area (Å²) in [6, 6.07) is 15.3. The second-order valence-corrected chi connectivity index (χ2v) is 7.40. The Hall–Kier alpha value is -2.38. The molecule has 0 spiro atoms. The zero-order valence-corrected chi connectivity index (χ0v) is 15.8. The molecule has 6 nitrogen and oxygen atoms in total. The average molecular weight is 376 g/mol. The summed E-state index contributed by atoms with van der Waals surface area (Å²) < 4.78 is 32.7. The van der Waals surface area contributed by atoms with Crippen LogP contribution in [0.2, 0.25) is 0 Å². The molecular formula is C19H24N2O4S. The molecule has 0 aliphatic rings. The van der Waals surface area contributed by atoms with E-state index in [1.54, 1.807) is 17.0 Å². The van der Waals surface area contributed by atoms with Crippen LogP contribution in [0.5, 0.6) is 5.75 Å². The summed E-state index contributed by atoms with van der Waals surface area (Å²) in [7, 11) is -3.61. The van der Waals surface area contributed by atoms with Gasteiger partial charge in [-0.25, -0.2) is 13.1 Å². The zero-order valence-electron chi connectivity index (χ0n) is 15.0. The highest BCUT2D eigenvalue weighted by Crippen LogP contribution is 2.16. The molecule has 0 bridgehead atoms. The van der Waals surface area contributed by atoms with E-state index in [-0.39, 0.29) is 24.0 Å². The number of sulfonamides is 1. The van der Waals surface area contributed by atoms with Crippen molar-refractivity contribution < 1.29 is 17.9 Å². The molecule has 0 aromatic heterocycles. The molecular weight excluding hydrogens is 352 g/mol. The van der Waals surface area contributed by atoms with Crippen molar-refractivity contribution in [1.29, 1.82) is 0 Å². The van der Waals surface area contributed by atoms with Crippen LogP contribution in [0.15, 0.2) is 59.5 Å². The molecule has 0 saturated carbocycles. The Morgan fingerprint density at radius 3 is 2.19 bits per heavy atom. The Bertz CT molecular complexity index is 801. The van der Waals surface area contributed by atoms with E-state index in [1.807, 2.05) is 44.2 Å². The van der Waals surface area contributed by atoms with E-state index in [0.29, 0.717) is 18.8 Å². The number of ether oxygens (including phenoxy) is 1. The largest absolute Gasteiger partial charge is 0.484 e. The predicted octanol–water partition coefficient (Wildman–Crippen LogP) is 2.41. The van der Waals surface area contributed by atoms with Crippen LogP contribution in [0, 0.1) is 0 Å². The lowest BCUT2D eigenvalue weighted by atomic mass is 10.2. The smallest absolute Gasteiger partial charge is 0.260 e. The normalized spacial score (nSPS) is 11.2. The Balaban J connectivity index is 1.94. The molecule has 2 aromatic rings. The minimum Gasteiger partial charge on any atom is -0.484 e. The van der Waals surface area contributed by atoms with Crippen molar-refractivity contribution in [1.82, 2.24) is 9.62 Å². The zero-order chi connectivity index (χ0) is 19.0. The molecule has 0 unspecified atom stereocenters. The monoisotopic (exact) mass is 376 g/mol. The van der Waals surface area contributed by atoms with Crippen molar-refractivity contribution in [2.75, 3.05) is 19.7 Å². The fourth-order valence-electron chi connectivity index (χ4n) is 2.39. The van der Waals surface area contributed by atoms with Gasteiger partial charge in [0.15, 0.2) is 6.61 Å². The maximum Gasteiger partial charge on any atom is 0.260 e. The molecule has 0 aliphatic carbocycles. The molecule has 0 saturated heterocycles. The Kier molecular flexibility index (Phi) is 7.17. The Morgan fingerprint density at radius 2 is 1.62 bits per heavy atom. The Morgan fingerprint density at radius 1 is 1.00 bits per heavy atom. The lowest BCUT2D eigenvalue weighted by molar-refractivity contribution is -0.132. The second-order valence-electron chi connectivity index (χ2n) is 5.64. The summed E-state index contributed by atoms with van der Waals surface area (Å²) in [6.07, 6.45) is 0. The van der Waals surface area contributed by atoms with Crippen LogP contribution in [-0.2, 0) is 21.4 Å². The SMILES string of the molecule is CCN(CC)C(=O)COc1ccc(S(=O)(=O)NCc2ccccc2)cc1. The number of hydrogen-bond donors (Lipinski definition) is 1. The number of likely N-dealkylation sites (N-methyl/N-ethyl adjacent to an activating group) is 1. The first-order valence-corrected chi connectivity index (χ1v) is 9.98. The maximum atomic E-state index is 12.3. The van der Waals surface area contributed by atoms with Gasteiger partial charge in [0.25, 0.3) is 5.91 Å². The first-order chi connectivity index (χ1) is 12.5. The third-order valence-corrected chi connectivity index (χ3v) is 5.34. The van der Waals surface area contributed by atoms with Gasteiger partial charge in [-0.15, -0.1) is 0 Å². The quantitative estimate of drug-likeness (QED) is 0.729. The summed E-state index contributed by atoms with van der Waals surface area (Å²) >= 11 is 0. The van der Waals surface area contributed by atoms with Crippen LogP contribution in [0.4, 0.5) is 0 Å². The summed E-state index contributed by atoms with van der Waals surface area (Å²) in [6.45, 7) is 5.22. The molecule has 1 amide bonds. The standard InChI is InChI=1S/C19H24N2O4S/c1-3-21(4-2)19(22)15-25-17-10-12-18(13-11-17)26(23,24)20-14-16-8-6-5-7-9-16/h5-13,20H,3-4,14-15H2,1-2H3. The van der Waals surface area contributed by atoms with Crippen LogP contribution < -0.4 is 9.46 Å². The first kappa shape index (κ1) is 19.9. The topological polar surface area (TPSA) is 75.7 Å². The van der Waals surface area contributed by atoms with Gasteiger partial charge in [-0.1, -0.05) is 30.3 Å². The first-order valence-electron chi connectivity index (χ1n) is 8.50. The molecule has 0 fully saturated rings. The highest BCUT2D eigenvalue weighted by molar-refractivity contribution is 7.89. The summed E-state index contributed by atoms with van der Waals surface area (Å²) in [4.78, 5) is 13.7. The highest BCUT2D eigenvalue weighted by Gasteiger charge is 2.14. The third kappa shape index (κ3) is 5.57. The van der Waals surface area contributed by atoms with Crippen LogP contribution in [-0.4, -0.2) is 38.9 Å². The van der Waals surface area contributed by atoms with E-state index in [9.17, 15) is 13.2 Å². The summed E-state index contributed by atoms with van der Waals surface area (Å²) in [5, 5.41) is 0. The van der Waals surface area contributed by atoms with Crippen LogP contribution in [0.25, 0.3) is 0 Å². The van der Waals surface area contributed by atoms with Gasteiger partial charge < -0.3 is 9.64 Å². The molecule has 2 aromatic carbocycles. The molecule has 0 heterocycles. The number of carbonyl (C=O) groups is 1. The minimum atomic E-state index is -3.61. The number of amides is 1. The van der Waals surface area contributed by atoms with Crippen molar-refractivity contribution in [3.05, 3.63) is 60.2 Å². The van der Waals surface area contributed by atoms with Crippen LogP contribution >= 0.6 is 0 Å². The number of carbonyl (C=O) groups excluding carboxylic acids is 1. The molecule has 1 N–H and O–H groups in total. The summed E-state index contributed by atoms with van der Waals surface area (Å²) in [5.41, 5.74) is 0.881. The average Bonchev–Trinajstić information content (AvgIpc) is 2.67. The Labute approximate surface area is 154 Å². The van der Waals surface area contributed by atoms with E-state index >= 15 is 0 Å². The fourth-order valence-corrected chi connectivity index (χ4v) is 3.40. The molecule has 140 valence electrons. The van der Waals surface area contributed by atoms with E-state index in [2.05, 4.69) is 4.72 Å². The molecule has 2 rings (SSSR count). The molecule has 0 radical (unpaired) electrons. The number of benzene rings is 2. The van der Waals surface area contributed by atoms with Crippen LogP contribution in [0.1, 0.15) is 19.4 Å². The molecule has 0 aliphatic heterocycles. The van der Waals surface area contributed by atoms with Gasteiger partial charge in [0, 0.05) is 19.6 Å². The van der Waals surface area contributed by atoms with Gasteiger partial charge in [0.2, 0.25) is 10.0 Å². The second kappa shape index (κ2) is 9.35. The molecule has 7 heteroatoms. The van der Waals surface area contributed by atoms with E-state index in [0.717, 1.165) is 5.56 Å². The van der Waals surface area contributed by atoms with Crippen LogP contribution in [0.3, 0.4) is 0 Å². The van der Waals surface area contributed by atoms with Crippen molar-refractivity contribution in [2.24, 2.45) is 0 Å². The van der Waals surface area contributed by atoms with Crippen molar-refractivity contribution >= 4 is 15.9 Å². The lowest BCUT2D eigenvalue weighted by Gasteiger charge is -2.18. The number of nitrogens with zero attached hydrogens (tertiary/aromatic N) is 1. The van der Waals surface area contributed by atoms with Gasteiger partial charge in [-0.3, -0.25) is 4.79 Å². The lowest BCUT2D eigenvalue weighted by Crippen LogP contribution is -2.34. The highest BCUT2D eigenvalue weighted by atomic mass is 32.2. The van der Waals surface area contributed by atoms with E-state index in [1.165, 1.54) is 12.1 Å². The number of nitrogens with one attached hydrogen (secondary N) is 1. The molecule has 0 atom stereocenters. The van der Waals surface area contributed by atoms with E-state index in [4.69, 9.17) is 4.74 Å². The van der Waals surface area contributed by atoms with Gasteiger partial charge in [0.1, 0.15) is 5.75 Å². The van der Waals surface area contributed by atoms with Crippen molar-refractivity contribution in [3.63, 3.8) is 0 Å². The number of hydrogen-bond acceptors (Lipinski definition) is 4. The van der Waals surface area contributed by atoms with Gasteiger partial charge in [-0.2, -0.15) is 0 Å². The van der Waals surface area contributed by atoms with Crippen molar-refractivity contribution in [3.8, 4) is 5.75 Å². The summed E-state index contributed by atoms with van der Waals surface area (Å²) in [5.74, 6) is 0.351. The third-order valence-electron chi connectivity index (χ3n) is 3.92. The molecule has 26 heavy (non-hydrogen) atoms. The van der Waals surface area contributed by atoms with Gasteiger partial charge in [-0.05, 0) is 43.7 Å². The van der Waals surface area contributed by atoms with Gasteiger partial charge >= 0.3 is 0 Å². The maximum absolute atomic E-state index is 12.3. The fraction of sp³-hybridized carbons (Fsp3) is 0.316. The van der Waals surface area contributed by atoms with Crippen molar-refractivity contribution in [2.45, 2.75) is 25.3 Å². The van der Waals surface area contributed by atoms with E-state index < -0.39 is 10.0 Å². The predicted molar refractivity (Wildman–Crippen MR) is 100 cm³/mol. The number of rotatable bonds is 9.